The van der Waals surface area contributed by atoms with E-state index in [-0.39, 0.29) is 4.90 Å². The summed E-state index contributed by atoms with van der Waals surface area (Å²) in [5.41, 5.74) is 1.14. The van der Waals surface area contributed by atoms with Gasteiger partial charge in [-0.15, -0.1) is 0 Å². The van der Waals surface area contributed by atoms with Crippen molar-refractivity contribution in [3.05, 3.63) is 29.8 Å². The Balaban J connectivity index is 1.68. The number of rotatable bonds is 34. The Labute approximate surface area is 275 Å². The number of hydrogen-bond donors (Lipinski definition) is 1. The van der Waals surface area contributed by atoms with Crippen molar-refractivity contribution in [1.82, 2.24) is 0 Å². The number of benzene rings is 1. The third-order valence-corrected chi connectivity index (χ3v) is 10.4. The minimum absolute atomic E-state index is 0.0210. The highest BCUT2D eigenvalue weighted by atomic mass is 32.2. The van der Waals surface area contributed by atoms with Crippen LogP contribution in [0.15, 0.2) is 29.2 Å². The lowest BCUT2D eigenvalue weighted by molar-refractivity contribution is 0.483. The Bertz CT molecular complexity index is 818. The minimum atomic E-state index is -4.08. The van der Waals surface area contributed by atoms with Crippen LogP contribution in [-0.2, 0) is 16.5 Å². The average molecular weight is 635 g/mol. The molecule has 0 saturated heterocycles. The topological polar surface area (TPSA) is 54.4 Å². The van der Waals surface area contributed by atoms with Crippen LogP contribution in [0.1, 0.15) is 218 Å². The van der Waals surface area contributed by atoms with Gasteiger partial charge in [-0.2, -0.15) is 8.42 Å². The molecule has 0 saturated carbocycles. The van der Waals surface area contributed by atoms with Crippen LogP contribution in [0.5, 0.6) is 0 Å². The lowest BCUT2D eigenvalue weighted by Gasteiger charge is -2.05. The van der Waals surface area contributed by atoms with Crippen LogP contribution in [0.4, 0.5) is 0 Å². The van der Waals surface area contributed by atoms with Gasteiger partial charge in [-0.3, -0.25) is 4.55 Å². The largest absolute Gasteiger partial charge is 0.294 e. The predicted octanol–water partition coefficient (Wildman–Crippen LogP) is 14.0. The molecule has 0 aliphatic heterocycles. The fraction of sp³-hybridized carbons (Fsp3) is 0.850. The first-order valence-electron chi connectivity index (χ1n) is 19.6. The first-order valence-corrected chi connectivity index (χ1v) is 21.0. The fourth-order valence-electron chi connectivity index (χ4n) is 6.53. The number of unbranched alkanes of at least 4 members (excludes halogenated alkanes) is 31. The summed E-state index contributed by atoms with van der Waals surface area (Å²) in [6.07, 6.45) is 46.5. The predicted molar refractivity (Wildman–Crippen MR) is 193 cm³/mol. The molecule has 0 aliphatic carbocycles. The van der Waals surface area contributed by atoms with E-state index in [9.17, 15) is 8.42 Å². The van der Waals surface area contributed by atoms with Crippen molar-refractivity contribution in [3.8, 4) is 0 Å². The maximum atomic E-state index is 11.1. The van der Waals surface area contributed by atoms with E-state index in [1.165, 1.54) is 211 Å². The molecule has 0 aromatic heterocycles. The Hall–Kier alpha value is -0.870. The minimum Gasteiger partial charge on any atom is -0.282 e. The standard InChI is InChI=1S/C40H74O3S/c1-2-3-4-5-6-7-8-9-10-11-12-13-14-15-16-17-18-19-20-21-22-23-24-25-26-27-28-29-30-31-32-33-34-39-35-37-40(38-36-39)44(41,42)43/h35-38H,2-34H2,1H3,(H,41,42,43). The van der Waals surface area contributed by atoms with Crippen molar-refractivity contribution < 1.29 is 13.0 Å². The zero-order valence-corrected chi connectivity index (χ0v) is 30.1. The maximum absolute atomic E-state index is 11.1. The van der Waals surface area contributed by atoms with Crippen LogP contribution >= 0.6 is 0 Å². The summed E-state index contributed by atoms with van der Waals surface area (Å²) >= 11 is 0. The van der Waals surface area contributed by atoms with Crippen LogP contribution in [0.2, 0.25) is 0 Å². The van der Waals surface area contributed by atoms with Gasteiger partial charge in [-0.1, -0.05) is 218 Å². The van der Waals surface area contributed by atoms with Crippen LogP contribution in [0.25, 0.3) is 0 Å². The van der Waals surface area contributed by atoms with E-state index in [4.69, 9.17) is 4.55 Å². The summed E-state index contributed by atoms with van der Waals surface area (Å²) in [7, 11) is -4.08. The van der Waals surface area contributed by atoms with Gasteiger partial charge < -0.3 is 0 Å². The highest BCUT2D eigenvalue weighted by molar-refractivity contribution is 7.85. The summed E-state index contributed by atoms with van der Waals surface area (Å²) < 4.78 is 31.3. The molecular formula is C40H74O3S. The lowest BCUT2D eigenvalue weighted by atomic mass is 10.0. The maximum Gasteiger partial charge on any atom is 0.294 e. The molecule has 1 aromatic carbocycles. The molecule has 1 aromatic rings. The van der Waals surface area contributed by atoms with E-state index < -0.39 is 10.1 Å². The highest BCUT2D eigenvalue weighted by Crippen LogP contribution is 2.18. The summed E-state index contributed by atoms with van der Waals surface area (Å²) in [6.45, 7) is 2.30. The molecule has 258 valence electrons. The monoisotopic (exact) mass is 635 g/mol. The fourth-order valence-corrected chi connectivity index (χ4v) is 7.01. The normalized spacial score (nSPS) is 11.9. The van der Waals surface area contributed by atoms with Crippen molar-refractivity contribution in [2.75, 3.05) is 0 Å². The first kappa shape index (κ1) is 41.2. The van der Waals surface area contributed by atoms with E-state index in [2.05, 4.69) is 6.92 Å². The highest BCUT2D eigenvalue weighted by Gasteiger charge is 2.08. The Morgan fingerprint density at radius 2 is 0.614 bits per heavy atom. The average Bonchev–Trinajstić information content (AvgIpc) is 3.01. The quantitative estimate of drug-likeness (QED) is 0.0606. The van der Waals surface area contributed by atoms with Crippen molar-refractivity contribution in [2.24, 2.45) is 0 Å². The van der Waals surface area contributed by atoms with Crippen molar-refractivity contribution >= 4 is 10.1 Å². The number of aryl methyl sites for hydroxylation is 1. The van der Waals surface area contributed by atoms with Crippen LogP contribution in [-0.4, -0.2) is 13.0 Å². The summed E-state index contributed by atoms with van der Waals surface area (Å²) in [4.78, 5) is -0.0210. The molecule has 0 spiro atoms. The molecule has 0 aliphatic rings. The molecule has 1 N–H and O–H groups in total. The SMILES string of the molecule is CCCCCCCCCCCCCCCCCCCCCCCCCCCCCCCCCCc1ccc(S(=O)(=O)O)cc1. The van der Waals surface area contributed by atoms with Crippen LogP contribution < -0.4 is 0 Å². The van der Waals surface area contributed by atoms with E-state index in [0.29, 0.717) is 0 Å². The van der Waals surface area contributed by atoms with Gasteiger partial charge in [0.25, 0.3) is 10.1 Å². The van der Waals surface area contributed by atoms with Crippen molar-refractivity contribution in [3.63, 3.8) is 0 Å². The lowest BCUT2D eigenvalue weighted by Crippen LogP contribution is -1.98. The van der Waals surface area contributed by atoms with Gasteiger partial charge in [0.1, 0.15) is 0 Å². The summed E-state index contributed by atoms with van der Waals surface area (Å²) in [5, 5.41) is 0. The molecule has 0 amide bonds. The van der Waals surface area contributed by atoms with Crippen molar-refractivity contribution in [1.29, 1.82) is 0 Å². The van der Waals surface area contributed by atoms with Gasteiger partial charge in [0.15, 0.2) is 0 Å². The smallest absolute Gasteiger partial charge is 0.282 e. The van der Waals surface area contributed by atoms with Crippen molar-refractivity contribution in [2.45, 2.75) is 224 Å². The van der Waals surface area contributed by atoms with Gasteiger partial charge >= 0.3 is 0 Å². The third-order valence-electron chi connectivity index (χ3n) is 9.54. The second kappa shape index (κ2) is 30.8. The Kier molecular flexibility index (Phi) is 28.8. The molecule has 0 heterocycles. The summed E-state index contributed by atoms with van der Waals surface area (Å²) in [5.74, 6) is 0. The zero-order valence-electron chi connectivity index (χ0n) is 29.3. The molecule has 0 unspecified atom stereocenters. The molecule has 4 heteroatoms. The van der Waals surface area contributed by atoms with Crippen LogP contribution in [0, 0.1) is 0 Å². The molecular weight excluding hydrogens is 561 g/mol. The molecule has 44 heavy (non-hydrogen) atoms. The molecule has 0 atom stereocenters. The van der Waals surface area contributed by atoms with Gasteiger partial charge in [0, 0.05) is 0 Å². The van der Waals surface area contributed by atoms with E-state index in [1.807, 2.05) is 12.1 Å². The van der Waals surface area contributed by atoms with Crippen LogP contribution in [0.3, 0.4) is 0 Å². The molecule has 1 rings (SSSR count). The van der Waals surface area contributed by atoms with E-state index >= 15 is 0 Å². The molecule has 0 bridgehead atoms. The van der Waals surface area contributed by atoms with E-state index in [0.717, 1.165) is 18.4 Å². The van der Waals surface area contributed by atoms with Gasteiger partial charge in [0.05, 0.1) is 4.90 Å². The molecule has 0 radical (unpaired) electrons. The Morgan fingerprint density at radius 3 is 0.841 bits per heavy atom. The number of hydrogen-bond acceptors (Lipinski definition) is 2. The molecule has 3 nitrogen and oxygen atoms in total. The van der Waals surface area contributed by atoms with Gasteiger partial charge in [-0.25, -0.2) is 0 Å². The Morgan fingerprint density at radius 1 is 0.386 bits per heavy atom. The van der Waals surface area contributed by atoms with Gasteiger partial charge in [-0.05, 0) is 30.5 Å². The molecule has 0 fully saturated rings. The second-order valence-electron chi connectivity index (χ2n) is 13.8. The summed E-state index contributed by atoms with van der Waals surface area (Å²) in [6, 6.07) is 6.61. The third kappa shape index (κ3) is 27.4. The van der Waals surface area contributed by atoms with E-state index in [1.54, 1.807) is 0 Å². The second-order valence-corrected chi connectivity index (χ2v) is 15.3. The van der Waals surface area contributed by atoms with Gasteiger partial charge in [0.2, 0.25) is 0 Å². The zero-order chi connectivity index (χ0) is 31.8. The first-order chi connectivity index (χ1) is 21.5.